The summed E-state index contributed by atoms with van der Waals surface area (Å²) in [5.74, 6) is -0.113. The summed E-state index contributed by atoms with van der Waals surface area (Å²) in [4.78, 5) is 23.2. The Bertz CT molecular complexity index is 1430. The normalized spacial score (nSPS) is 13.0. The smallest absolute Gasteiger partial charge is 0.341 e. The van der Waals surface area contributed by atoms with Crippen LogP contribution in [0.2, 0.25) is 5.02 Å². The molecule has 4 rings (SSSR count). The highest BCUT2D eigenvalue weighted by Crippen LogP contribution is 2.34. The Morgan fingerprint density at radius 3 is 2.27 bits per heavy atom. The lowest BCUT2D eigenvalue weighted by molar-refractivity contribution is -0.149. The van der Waals surface area contributed by atoms with Crippen molar-refractivity contribution in [1.29, 1.82) is 0 Å². The van der Waals surface area contributed by atoms with Gasteiger partial charge in [0, 0.05) is 18.5 Å². The van der Waals surface area contributed by atoms with Gasteiger partial charge >= 0.3 is 11.9 Å². The molecule has 0 bridgehead atoms. The van der Waals surface area contributed by atoms with Gasteiger partial charge in [-0.1, -0.05) is 11.6 Å². The first-order valence-electron chi connectivity index (χ1n) is 11.6. The summed E-state index contributed by atoms with van der Waals surface area (Å²) in [5.41, 5.74) is 3.25. The van der Waals surface area contributed by atoms with E-state index in [0.29, 0.717) is 47.2 Å². The molecule has 0 spiro atoms. The fraction of sp³-hybridized carbons (Fsp3) is 0.259. The van der Waals surface area contributed by atoms with E-state index in [0.717, 1.165) is 11.1 Å². The molecule has 3 aromatic rings. The van der Waals surface area contributed by atoms with E-state index >= 15 is 0 Å². The van der Waals surface area contributed by atoms with Crippen LogP contribution < -0.4 is 9.04 Å². The summed E-state index contributed by atoms with van der Waals surface area (Å²) >= 11 is 6.22. The lowest BCUT2D eigenvalue weighted by Crippen LogP contribution is -2.35. The highest BCUT2D eigenvalue weighted by atomic mass is 35.5. The molecular weight excluding hydrogens is 518 g/mol. The molecule has 194 valence electrons. The fourth-order valence-corrected chi connectivity index (χ4v) is 5.75. The summed E-state index contributed by atoms with van der Waals surface area (Å²) in [7, 11) is -3.85. The van der Waals surface area contributed by atoms with Gasteiger partial charge in [0.2, 0.25) is 6.79 Å². The van der Waals surface area contributed by atoms with Gasteiger partial charge in [0.15, 0.2) is 0 Å². The van der Waals surface area contributed by atoms with Crippen molar-refractivity contribution >= 4 is 39.3 Å². The third-order valence-electron chi connectivity index (χ3n) is 5.90. The SMILES string of the molecule is CC(=O)OCOC(=O)c1ccc2c(c1)CCCN2S(=O)(=O)c1ccc(Oc2cc(C)c(Cl)c(C)c2)cc1. The second kappa shape index (κ2) is 10.8. The number of ether oxygens (including phenoxy) is 3. The second-order valence-corrected chi connectivity index (χ2v) is 10.9. The molecule has 0 saturated heterocycles. The predicted octanol–water partition coefficient (Wildman–Crippen LogP) is 5.57. The van der Waals surface area contributed by atoms with Gasteiger partial charge in [-0.25, -0.2) is 13.2 Å². The van der Waals surface area contributed by atoms with Crippen LogP contribution in [0.1, 0.15) is 40.4 Å². The van der Waals surface area contributed by atoms with Crippen molar-refractivity contribution < 1.29 is 32.2 Å². The van der Waals surface area contributed by atoms with Crippen LogP contribution in [0.5, 0.6) is 11.5 Å². The second-order valence-electron chi connectivity index (χ2n) is 8.65. The van der Waals surface area contributed by atoms with Gasteiger partial charge in [0.1, 0.15) is 11.5 Å². The van der Waals surface area contributed by atoms with Gasteiger partial charge in [-0.2, -0.15) is 0 Å². The monoisotopic (exact) mass is 543 g/mol. The van der Waals surface area contributed by atoms with Crippen molar-refractivity contribution in [1.82, 2.24) is 0 Å². The topological polar surface area (TPSA) is 99.2 Å². The Kier molecular flexibility index (Phi) is 7.75. The van der Waals surface area contributed by atoms with Crippen molar-refractivity contribution in [3.8, 4) is 11.5 Å². The zero-order chi connectivity index (χ0) is 26.7. The Hall–Kier alpha value is -3.56. The average Bonchev–Trinajstić information content (AvgIpc) is 2.86. The van der Waals surface area contributed by atoms with Crippen LogP contribution in [0.25, 0.3) is 0 Å². The Morgan fingerprint density at radius 1 is 0.946 bits per heavy atom. The molecule has 1 aliphatic rings. The van der Waals surface area contributed by atoms with E-state index in [-0.39, 0.29) is 10.5 Å². The number of benzene rings is 3. The first kappa shape index (κ1) is 26.5. The maximum Gasteiger partial charge on any atom is 0.341 e. The number of aryl methyl sites for hydroxylation is 3. The number of fused-ring (bicyclic) bond motifs is 1. The van der Waals surface area contributed by atoms with Crippen molar-refractivity contribution in [2.24, 2.45) is 0 Å². The number of hydrogen-bond acceptors (Lipinski definition) is 7. The molecule has 0 atom stereocenters. The zero-order valence-corrected chi connectivity index (χ0v) is 22.2. The van der Waals surface area contributed by atoms with E-state index in [1.54, 1.807) is 24.3 Å². The molecule has 0 aliphatic carbocycles. The summed E-state index contributed by atoms with van der Waals surface area (Å²) in [6, 6.07) is 14.6. The maximum atomic E-state index is 13.5. The predicted molar refractivity (Wildman–Crippen MR) is 139 cm³/mol. The molecule has 8 nitrogen and oxygen atoms in total. The standard InChI is InChI=1S/C27H26ClNO7S/c1-17-13-23(14-18(2)26(17)28)36-22-7-9-24(10-8-22)37(32,33)29-12-4-5-20-15-21(6-11-25(20)29)27(31)35-16-34-19(3)30/h6-11,13-15H,4-5,12,16H2,1-3H3. The molecule has 0 aromatic heterocycles. The minimum atomic E-state index is -3.85. The van der Waals surface area contributed by atoms with Crippen molar-refractivity contribution in [3.05, 3.63) is 81.9 Å². The number of sulfonamides is 1. The Morgan fingerprint density at radius 2 is 1.62 bits per heavy atom. The molecule has 0 radical (unpaired) electrons. The van der Waals surface area contributed by atoms with E-state index in [9.17, 15) is 18.0 Å². The Balaban J connectivity index is 1.52. The van der Waals surface area contributed by atoms with Gasteiger partial charge in [-0.05, 0) is 98.0 Å². The molecular formula is C27H26ClNO7S. The van der Waals surface area contributed by atoms with E-state index in [4.69, 9.17) is 21.1 Å². The van der Waals surface area contributed by atoms with E-state index in [2.05, 4.69) is 4.74 Å². The van der Waals surface area contributed by atoms with Gasteiger partial charge in [0.25, 0.3) is 10.0 Å². The number of rotatable bonds is 7. The number of halogens is 1. The molecule has 0 amide bonds. The van der Waals surface area contributed by atoms with Crippen LogP contribution in [-0.2, 0) is 30.7 Å². The molecule has 1 heterocycles. The van der Waals surface area contributed by atoms with Gasteiger partial charge in [0.05, 0.1) is 16.1 Å². The maximum absolute atomic E-state index is 13.5. The van der Waals surface area contributed by atoms with Crippen LogP contribution in [0.15, 0.2) is 59.5 Å². The van der Waals surface area contributed by atoms with E-state index < -0.39 is 28.8 Å². The Labute approximate surface area is 220 Å². The lowest BCUT2D eigenvalue weighted by Gasteiger charge is -2.30. The third-order valence-corrected chi connectivity index (χ3v) is 8.32. The third kappa shape index (κ3) is 5.89. The number of carbonyl (C=O) groups excluding carboxylic acids is 2. The van der Waals surface area contributed by atoms with Crippen molar-refractivity contribution in [2.75, 3.05) is 17.6 Å². The number of esters is 2. The molecule has 10 heteroatoms. The molecule has 0 fully saturated rings. The van der Waals surface area contributed by atoms with E-state index in [1.165, 1.54) is 29.4 Å². The highest BCUT2D eigenvalue weighted by Gasteiger charge is 2.30. The largest absolute Gasteiger partial charge is 0.457 e. The van der Waals surface area contributed by atoms with Gasteiger partial charge in [-0.3, -0.25) is 9.10 Å². The summed E-state index contributed by atoms with van der Waals surface area (Å²) in [6.45, 7) is 4.83. The average molecular weight is 544 g/mol. The number of nitrogens with zero attached hydrogens (tertiary/aromatic N) is 1. The first-order valence-corrected chi connectivity index (χ1v) is 13.4. The summed E-state index contributed by atoms with van der Waals surface area (Å²) in [6.07, 6.45) is 1.20. The summed E-state index contributed by atoms with van der Waals surface area (Å²) < 4.78 is 43.8. The fourth-order valence-electron chi connectivity index (χ4n) is 4.10. The first-order chi connectivity index (χ1) is 17.6. The molecule has 0 unspecified atom stereocenters. The quantitative estimate of drug-likeness (QED) is 0.284. The molecule has 1 aliphatic heterocycles. The molecule has 0 saturated carbocycles. The zero-order valence-electron chi connectivity index (χ0n) is 20.6. The van der Waals surface area contributed by atoms with Crippen LogP contribution in [-0.4, -0.2) is 33.7 Å². The summed E-state index contributed by atoms with van der Waals surface area (Å²) in [5, 5.41) is 0.682. The van der Waals surface area contributed by atoms with Crippen LogP contribution in [0.3, 0.4) is 0 Å². The minimum Gasteiger partial charge on any atom is -0.457 e. The molecule has 37 heavy (non-hydrogen) atoms. The number of hydrogen-bond donors (Lipinski definition) is 0. The van der Waals surface area contributed by atoms with Gasteiger partial charge in [-0.15, -0.1) is 0 Å². The molecule has 3 aromatic carbocycles. The highest BCUT2D eigenvalue weighted by molar-refractivity contribution is 7.92. The van der Waals surface area contributed by atoms with E-state index in [1.807, 2.05) is 26.0 Å². The van der Waals surface area contributed by atoms with Crippen LogP contribution >= 0.6 is 11.6 Å². The minimum absolute atomic E-state index is 0.126. The molecule has 0 N–H and O–H groups in total. The van der Waals surface area contributed by atoms with Gasteiger partial charge < -0.3 is 14.2 Å². The van der Waals surface area contributed by atoms with Crippen LogP contribution in [0.4, 0.5) is 5.69 Å². The van der Waals surface area contributed by atoms with Crippen molar-refractivity contribution in [3.63, 3.8) is 0 Å². The number of carbonyl (C=O) groups is 2. The van der Waals surface area contributed by atoms with Crippen molar-refractivity contribution in [2.45, 2.75) is 38.5 Å². The lowest BCUT2D eigenvalue weighted by atomic mass is 10.0. The number of anilines is 1. The van der Waals surface area contributed by atoms with Crippen LogP contribution in [0, 0.1) is 13.8 Å².